The molecule has 0 aliphatic rings. The summed E-state index contributed by atoms with van der Waals surface area (Å²) in [6, 6.07) is 0. The van der Waals surface area contributed by atoms with E-state index in [1.54, 1.807) is 6.92 Å². The lowest BCUT2D eigenvalue weighted by atomic mass is 9.93. The maximum absolute atomic E-state index is 10.7. The molecule has 88 valence electrons. The molecule has 15 heavy (non-hydrogen) atoms. The molecule has 0 amide bonds. The molecule has 3 atom stereocenters. The van der Waals surface area contributed by atoms with E-state index in [0.717, 1.165) is 0 Å². The summed E-state index contributed by atoms with van der Waals surface area (Å²) in [5.41, 5.74) is 0. The van der Waals surface area contributed by atoms with Crippen molar-refractivity contribution in [2.45, 2.75) is 38.4 Å². The number of aliphatic hydroxyl groups excluding tert-OH is 2. The van der Waals surface area contributed by atoms with Crippen LogP contribution in [0, 0.1) is 5.92 Å². The molecule has 0 aromatic heterocycles. The molecule has 0 aliphatic carbocycles. The van der Waals surface area contributed by atoms with Crippen LogP contribution in [0.2, 0.25) is 0 Å². The van der Waals surface area contributed by atoms with E-state index in [2.05, 4.69) is 0 Å². The summed E-state index contributed by atoms with van der Waals surface area (Å²) in [6.07, 6.45) is -2.83. The van der Waals surface area contributed by atoms with E-state index in [9.17, 15) is 19.8 Å². The van der Waals surface area contributed by atoms with Gasteiger partial charge in [0.15, 0.2) is 0 Å². The molecule has 0 saturated carbocycles. The normalized spacial score (nSPS) is 16.7. The minimum Gasteiger partial charge on any atom is -0.481 e. The van der Waals surface area contributed by atoms with E-state index >= 15 is 0 Å². The van der Waals surface area contributed by atoms with Gasteiger partial charge < -0.3 is 20.4 Å². The number of aliphatic hydroxyl groups is 2. The van der Waals surface area contributed by atoms with Crippen molar-refractivity contribution in [3.05, 3.63) is 0 Å². The van der Waals surface area contributed by atoms with Gasteiger partial charge in [0.05, 0.1) is 24.5 Å². The van der Waals surface area contributed by atoms with Gasteiger partial charge in [-0.15, -0.1) is 0 Å². The third-order valence-electron chi connectivity index (χ3n) is 2.14. The number of carboxylic acids is 2. The van der Waals surface area contributed by atoms with Crippen LogP contribution in [-0.4, -0.2) is 44.6 Å². The van der Waals surface area contributed by atoms with Crippen LogP contribution in [0.15, 0.2) is 0 Å². The SMILES string of the molecule is CCC(O)C(CC(O)CC(=O)O)C(=O)O. The third-order valence-corrected chi connectivity index (χ3v) is 2.14. The van der Waals surface area contributed by atoms with Gasteiger partial charge in [-0.25, -0.2) is 0 Å². The number of rotatable bonds is 7. The van der Waals surface area contributed by atoms with Crippen LogP contribution in [0.4, 0.5) is 0 Å². The highest BCUT2D eigenvalue weighted by Gasteiger charge is 2.28. The summed E-state index contributed by atoms with van der Waals surface area (Å²) >= 11 is 0. The number of hydrogen-bond donors (Lipinski definition) is 4. The zero-order valence-corrected chi connectivity index (χ0v) is 8.46. The van der Waals surface area contributed by atoms with Crippen LogP contribution in [0.1, 0.15) is 26.2 Å². The zero-order valence-electron chi connectivity index (χ0n) is 8.46. The van der Waals surface area contributed by atoms with Gasteiger partial charge in [0.25, 0.3) is 0 Å². The van der Waals surface area contributed by atoms with E-state index in [1.807, 2.05) is 0 Å². The van der Waals surface area contributed by atoms with Gasteiger partial charge in [0, 0.05) is 0 Å². The fraction of sp³-hybridized carbons (Fsp3) is 0.778. The first-order chi connectivity index (χ1) is 6.88. The Kier molecular flexibility index (Phi) is 5.88. The Labute approximate surface area is 87.2 Å². The smallest absolute Gasteiger partial charge is 0.309 e. The van der Waals surface area contributed by atoms with Crippen LogP contribution < -0.4 is 0 Å². The second kappa shape index (κ2) is 6.36. The predicted octanol–water partition coefficient (Wildman–Crippen LogP) is -0.316. The molecular weight excluding hydrogens is 204 g/mol. The maximum Gasteiger partial charge on any atom is 0.309 e. The molecule has 0 spiro atoms. The van der Waals surface area contributed by atoms with Crippen molar-refractivity contribution in [3.63, 3.8) is 0 Å². The van der Waals surface area contributed by atoms with Gasteiger partial charge in [-0.05, 0) is 12.8 Å². The quantitative estimate of drug-likeness (QED) is 0.467. The maximum atomic E-state index is 10.7. The molecule has 6 heteroatoms. The van der Waals surface area contributed by atoms with E-state index in [-0.39, 0.29) is 12.8 Å². The molecule has 0 fully saturated rings. The first-order valence-electron chi connectivity index (χ1n) is 4.69. The standard InChI is InChI=1S/C9H16O6/c1-2-7(11)6(9(14)15)3-5(10)4-8(12)13/h5-7,10-11H,2-4H2,1H3,(H,12,13)(H,14,15). The first kappa shape index (κ1) is 13.9. The predicted molar refractivity (Wildman–Crippen MR) is 50.3 cm³/mol. The van der Waals surface area contributed by atoms with Gasteiger partial charge in [-0.2, -0.15) is 0 Å². The molecule has 3 unspecified atom stereocenters. The summed E-state index contributed by atoms with van der Waals surface area (Å²) in [7, 11) is 0. The molecule has 0 aromatic carbocycles. The zero-order chi connectivity index (χ0) is 12.0. The second-order valence-electron chi connectivity index (χ2n) is 3.41. The average molecular weight is 220 g/mol. The van der Waals surface area contributed by atoms with Crippen LogP contribution in [0.25, 0.3) is 0 Å². The molecule has 0 saturated heterocycles. The van der Waals surface area contributed by atoms with Gasteiger partial charge in [0.2, 0.25) is 0 Å². The monoisotopic (exact) mass is 220 g/mol. The minimum atomic E-state index is -1.25. The average Bonchev–Trinajstić information content (AvgIpc) is 2.11. The number of hydrogen-bond acceptors (Lipinski definition) is 4. The molecule has 6 nitrogen and oxygen atoms in total. The number of carbonyl (C=O) groups is 2. The Morgan fingerprint density at radius 3 is 2.07 bits per heavy atom. The number of aliphatic carboxylic acids is 2. The lowest BCUT2D eigenvalue weighted by Crippen LogP contribution is -2.32. The molecule has 0 heterocycles. The van der Waals surface area contributed by atoms with Gasteiger partial charge >= 0.3 is 11.9 Å². The molecule has 4 N–H and O–H groups in total. The van der Waals surface area contributed by atoms with Crippen molar-refractivity contribution in [1.29, 1.82) is 0 Å². The lowest BCUT2D eigenvalue weighted by Gasteiger charge is -2.19. The summed E-state index contributed by atoms with van der Waals surface area (Å²) in [5, 5.41) is 35.7. The molecule has 0 aromatic rings. The fourth-order valence-electron chi connectivity index (χ4n) is 1.29. The van der Waals surface area contributed by atoms with Gasteiger partial charge in [-0.3, -0.25) is 9.59 Å². The highest BCUT2D eigenvalue weighted by molar-refractivity contribution is 5.71. The summed E-state index contributed by atoms with van der Waals surface area (Å²) in [6.45, 7) is 1.62. The lowest BCUT2D eigenvalue weighted by molar-refractivity contribution is -0.149. The van der Waals surface area contributed by atoms with Crippen molar-refractivity contribution >= 4 is 11.9 Å². The van der Waals surface area contributed by atoms with E-state index < -0.39 is 36.5 Å². The van der Waals surface area contributed by atoms with E-state index in [0.29, 0.717) is 0 Å². The molecular formula is C9H16O6. The fourth-order valence-corrected chi connectivity index (χ4v) is 1.29. The van der Waals surface area contributed by atoms with Crippen LogP contribution >= 0.6 is 0 Å². The Morgan fingerprint density at radius 1 is 1.20 bits per heavy atom. The Morgan fingerprint density at radius 2 is 1.73 bits per heavy atom. The minimum absolute atomic E-state index is 0.247. The van der Waals surface area contributed by atoms with Gasteiger partial charge in [-0.1, -0.05) is 6.92 Å². The van der Waals surface area contributed by atoms with Crippen molar-refractivity contribution in [3.8, 4) is 0 Å². The molecule has 0 aliphatic heterocycles. The largest absolute Gasteiger partial charge is 0.481 e. The Hall–Kier alpha value is -1.14. The van der Waals surface area contributed by atoms with Crippen molar-refractivity contribution < 1.29 is 30.0 Å². The van der Waals surface area contributed by atoms with Gasteiger partial charge in [0.1, 0.15) is 0 Å². The van der Waals surface area contributed by atoms with Crippen molar-refractivity contribution in [1.82, 2.24) is 0 Å². The Balaban J connectivity index is 4.28. The van der Waals surface area contributed by atoms with Crippen LogP contribution in [0.5, 0.6) is 0 Å². The number of carboxylic acid groups (broad SMARTS) is 2. The van der Waals surface area contributed by atoms with Crippen molar-refractivity contribution in [2.24, 2.45) is 5.92 Å². The molecule has 0 rings (SSSR count). The second-order valence-corrected chi connectivity index (χ2v) is 3.41. The Bertz CT molecular complexity index is 227. The highest BCUT2D eigenvalue weighted by Crippen LogP contribution is 2.16. The topological polar surface area (TPSA) is 115 Å². The van der Waals surface area contributed by atoms with E-state index in [1.165, 1.54) is 0 Å². The summed E-state index contributed by atoms with van der Waals surface area (Å²) < 4.78 is 0. The van der Waals surface area contributed by atoms with Crippen LogP contribution in [0.3, 0.4) is 0 Å². The molecule has 0 radical (unpaired) electrons. The highest BCUT2D eigenvalue weighted by atomic mass is 16.4. The van der Waals surface area contributed by atoms with Crippen LogP contribution in [-0.2, 0) is 9.59 Å². The third kappa shape index (κ3) is 5.34. The molecule has 0 bridgehead atoms. The van der Waals surface area contributed by atoms with Crippen molar-refractivity contribution in [2.75, 3.05) is 0 Å². The van der Waals surface area contributed by atoms with E-state index in [4.69, 9.17) is 10.2 Å². The summed E-state index contributed by atoms with van der Waals surface area (Å²) in [4.78, 5) is 20.9. The first-order valence-corrected chi connectivity index (χ1v) is 4.69. The summed E-state index contributed by atoms with van der Waals surface area (Å²) in [5.74, 6) is -3.55.